The summed E-state index contributed by atoms with van der Waals surface area (Å²) in [6.45, 7) is 1.34. The Kier molecular flexibility index (Phi) is 3.48. The Labute approximate surface area is 121 Å². The molecule has 1 atom stereocenters. The van der Waals surface area contributed by atoms with Crippen LogP contribution in [0.25, 0.3) is 0 Å². The van der Waals surface area contributed by atoms with Crippen molar-refractivity contribution in [3.63, 3.8) is 0 Å². The van der Waals surface area contributed by atoms with Gasteiger partial charge in [0.2, 0.25) is 0 Å². The minimum absolute atomic E-state index is 0.435. The van der Waals surface area contributed by atoms with Crippen molar-refractivity contribution in [2.24, 2.45) is 0 Å². The van der Waals surface area contributed by atoms with Gasteiger partial charge in [-0.1, -0.05) is 29.3 Å². The fourth-order valence-corrected chi connectivity index (χ4v) is 3.14. The molecule has 19 heavy (non-hydrogen) atoms. The van der Waals surface area contributed by atoms with Crippen LogP contribution in [0.3, 0.4) is 0 Å². The van der Waals surface area contributed by atoms with Gasteiger partial charge in [0, 0.05) is 22.2 Å². The first-order valence-electron chi connectivity index (χ1n) is 6.11. The number of hydrogen-bond donors (Lipinski definition) is 0. The van der Waals surface area contributed by atoms with Crippen LogP contribution in [0.15, 0.2) is 30.9 Å². The Morgan fingerprint density at radius 3 is 2.89 bits per heavy atom. The molecular formula is C13H13Cl2N3O. The zero-order valence-electron chi connectivity index (χ0n) is 10.2. The number of benzene rings is 1. The molecule has 0 aliphatic carbocycles. The Bertz CT molecular complexity index is 565. The van der Waals surface area contributed by atoms with Crippen LogP contribution in [0, 0.1) is 0 Å². The lowest BCUT2D eigenvalue weighted by Crippen LogP contribution is -2.31. The summed E-state index contributed by atoms with van der Waals surface area (Å²) in [6.07, 6.45) is 5.13. The molecule has 1 saturated heterocycles. The Morgan fingerprint density at radius 1 is 1.37 bits per heavy atom. The van der Waals surface area contributed by atoms with Gasteiger partial charge in [-0.25, -0.2) is 9.67 Å². The fourth-order valence-electron chi connectivity index (χ4n) is 2.55. The maximum Gasteiger partial charge on any atom is 0.137 e. The van der Waals surface area contributed by atoms with Crippen molar-refractivity contribution in [2.45, 2.75) is 25.0 Å². The molecule has 100 valence electrons. The molecule has 1 aliphatic heterocycles. The molecule has 1 unspecified atom stereocenters. The molecule has 0 amide bonds. The maximum atomic E-state index is 6.33. The highest BCUT2D eigenvalue weighted by atomic mass is 35.5. The fraction of sp³-hybridized carbons (Fsp3) is 0.385. The van der Waals surface area contributed by atoms with Crippen molar-refractivity contribution in [2.75, 3.05) is 6.61 Å². The number of hydrogen-bond acceptors (Lipinski definition) is 3. The standard InChI is InChI=1S/C13H13Cl2N3O/c14-10-2-3-11(12(15)6-10)13(4-1-5-19-13)7-18-9-16-8-17-18/h2-3,6,8-9H,1,4-5,7H2. The lowest BCUT2D eigenvalue weighted by molar-refractivity contribution is -0.0169. The van der Waals surface area contributed by atoms with E-state index in [4.69, 9.17) is 27.9 Å². The van der Waals surface area contributed by atoms with E-state index in [9.17, 15) is 0 Å². The van der Waals surface area contributed by atoms with Crippen molar-refractivity contribution in [1.82, 2.24) is 14.8 Å². The SMILES string of the molecule is Clc1ccc(C2(Cn3cncn3)CCCO2)c(Cl)c1. The zero-order valence-corrected chi connectivity index (χ0v) is 11.7. The van der Waals surface area contributed by atoms with E-state index >= 15 is 0 Å². The second-order valence-electron chi connectivity index (χ2n) is 4.66. The molecule has 0 bridgehead atoms. The third kappa shape index (κ3) is 2.48. The molecule has 0 radical (unpaired) electrons. The van der Waals surface area contributed by atoms with E-state index in [1.54, 1.807) is 17.1 Å². The molecule has 2 aromatic rings. The normalized spacial score (nSPS) is 22.8. The predicted octanol–water partition coefficient (Wildman–Crippen LogP) is 3.29. The first-order chi connectivity index (χ1) is 9.20. The van der Waals surface area contributed by atoms with Crippen LogP contribution in [0.1, 0.15) is 18.4 Å². The largest absolute Gasteiger partial charge is 0.368 e. The van der Waals surface area contributed by atoms with E-state index < -0.39 is 5.60 Å². The maximum absolute atomic E-state index is 6.33. The monoisotopic (exact) mass is 297 g/mol. The molecule has 1 fully saturated rings. The molecule has 2 heterocycles. The minimum Gasteiger partial charge on any atom is -0.368 e. The lowest BCUT2D eigenvalue weighted by Gasteiger charge is -2.29. The van der Waals surface area contributed by atoms with E-state index in [1.165, 1.54) is 6.33 Å². The van der Waals surface area contributed by atoms with Crippen LogP contribution in [0.5, 0.6) is 0 Å². The number of nitrogens with zero attached hydrogens (tertiary/aromatic N) is 3. The Hall–Kier alpha value is -1.10. The van der Waals surface area contributed by atoms with Gasteiger partial charge in [0.15, 0.2) is 0 Å². The van der Waals surface area contributed by atoms with Gasteiger partial charge >= 0.3 is 0 Å². The van der Waals surface area contributed by atoms with Gasteiger partial charge < -0.3 is 4.74 Å². The smallest absolute Gasteiger partial charge is 0.137 e. The first kappa shape index (κ1) is 12.9. The highest BCUT2D eigenvalue weighted by Crippen LogP contribution is 2.41. The lowest BCUT2D eigenvalue weighted by atomic mass is 9.90. The van der Waals surface area contributed by atoms with Crippen molar-refractivity contribution in [3.8, 4) is 0 Å². The third-order valence-electron chi connectivity index (χ3n) is 3.41. The summed E-state index contributed by atoms with van der Waals surface area (Å²) in [5.74, 6) is 0. The quantitative estimate of drug-likeness (QED) is 0.873. The van der Waals surface area contributed by atoms with Gasteiger partial charge in [-0.15, -0.1) is 0 Å². The van der Waals surface area contributed by atoms with Gasteiger partial charge in [-0.2, -0.15) is 5.10 Å². The topological polar surface area (TPSA) is 39.9 Å². The summed E-state index contributed by atoms with van der Waals surface area (Å²) in [7, 11) is 0. The average molecular weight is 298 g/mol. The van der Waals surface area contributed by atoms with Gasteiger partial charge in [-0.3, -0.25) is 0 Å². The zero-order chi connectivity index (χ0) is 13.3. The van der Waals surface area contributed by atoms with Crippen LogP contribution in [-0.4, -0.2) is 21.4 Å². The number of ether oxygens (including phenoxy) is 1. The molecule has 1 aliphatic rings. The van der Waals surface area contributed by atoms with Gasteiger partial charge in [0.05, 0.1) is 6.54 Å². The summed E-state index contributed by atoms with van der Waals surface area (Å²) in [5, 5.41) is 5.42. The summed E-state index contributed by atoms with van der Waals surface area (Å²) in [6, 6.07) is 5.53. The van der Waals surface area contributed by atoms with Crippen LogP contribution in [0.4, 0.5) is 0 Å². The second kappa shape index (κ2) is 5.12. The van der Waals surface area contributed by atoms with Crippen LogP contribution < -0.4 is 0 Å². The number of aromatic nitrogens is 3. The Balaban J connectivity index is 2.00. The first-order valence-corrected chi connectivity index (χ1v) is 6.87. The van der Waals surface area contributed by atoms with E-state index in [0.29, 0.717) is 16.6 Å². The molecule has 1 aromatic carbocycles. The summed E-state index contributed by atoms with van der Waals surface area (Å²) in [5.41, 5.74) is 0.529. The summed E-state index contributed by atoms with van der Waals surface area (Å²) < 4.78 is 7.78. The predicted molar refractivity (Wildman–Crippen MR) is 73.3 cm³/mol. The van der Waals surface area contributed by atoms with Crippen molar-refractivity contribution in [1.29, 1.82) is 0 Å². The molecular weight excluding hydrogens is 285 g/mol. The molecule has 4 nitrogen and oxygen atoms in total. The molecule has 3 rings (SSSR count). The van der Waals surface area contributed by atoms with Gasteiger partial charge in [0.1, 0.15) is 18.3 Å². The Morgan fingerprint density at radius 2 is 2.26 bits per heavy atom. The summed E-state index contributed by atoms with van der Waals surface area (Å²) in [4.78, 5) is 3.97. The van der Waals surface area contributed by atoms with Crippen LogP contribution in [0.2, 0.25) is 10.0 Å². The van der Waals surface area contributed by atoms with Crippen molar-refractivity contribution in [3.05, 3.63) is 46.5 Å². The van der Waals surface area contributed by atoms with E-state index in [0.717, 1.165) is 25.0 Å². The summed E-state index contributed by atoms with van der Waals surface area (Å²) >= 11 is 12.3. The van der Waals surface area contributed by atoms with Crippen molar-refractivity contribution < 1.29 is 4.74 Å². The van der Waals surface area contributed by atoms with E-state index in [2.05, 4.69) is 10.1 Å². The third-order valence-corrected chi connectivity index (χ3v) is 3.96. The minimum atomic E-state index is -0.435. The van der Waals surface area contributed by atoms with Gasteiger partial charge in [0.25, 0.3) is 0 Å². The van der Waals surface area contributed by atoms with Gasteiger partial charge in [-0.05, 0) is 25.0 Å². The van der Waals surface area contributed by atoms with Crippen molar-refractivity contribution >= 4 is 23.2 Å². The average Bonchev–Trinajstić information content (AvgIpc) is 3.02. The van der Waals surface area contributed by atoms with E-state index in [1.807, 2.05) is 12.1 Å². The molecule has 1 aromatic heterocycles. The van der Waals surface area contributed by atoms with Crippen LogP contribution in [-0.2, 0) is 16.9 Å². The molecule has 6 heteroatoms. The molecule has 0 N–H and O–H groups in total. The second-order valence-corrected chi connectivity index (χ2v) is 5.51. The number of halogens is 2. The van der Waals surface area contributed by atoms with E-state index in [-0.39, 0.29) is 0 Å². The molecule has 0 spiro atoms. The molecule has 0 saturated carbocycles. The van der Waals surface area contributed by atoms with Crippen LogP contribution >= 0.6 is 23.2 Å². The highest BCUT2D eigenvalue weighted by molar-refractivity contribution is 6.35. The number of rotatable bonds is 3. The highest BCUT2D eigenvalue weighted by Gasteiger charge is 2.39.